The Morgan fingerprint density at radius 1 is 1.75 bits per heavy atom. The van der Waals surface area contributed by atoms with E-state index in [0.29, 0.717) is 13.2 Å². The van der Waals surface area contributed by atoms with Crippen LogP contribution in [0.2, 0.25) is 0 Å². The van der Waals surface area contributed by atoms with Crippen molar-refractivity contribution in [1.82, 2.24) is 4.90 Å². The zero-order valence-electron chi connectivity index (χ0n) is 7.32. The van der Waals surface area contributed by atoms with Gasteiger partial charge in [-0.3, -0.25) is 4.90 Å². The van der Waals surface area contributed by atoms with Gasteiger partial charge in [-0.05, 0) is 13.0 Å². The summed E-state index contributed by atoms with van der Waals surface area (Å²) in [5.41, 5.74) is 0. The zero-order valence-corrected chi connectivity index (χ0v) is 7.32. The lowest BCUT2D eigenvalue weighted by molar-refractivity contribution is -0.156. The molecule has 4 nitrogen and oxygen atoms in total. The third kappa shape index (κ3) is 2.46. The van der Waals surface area contributed by atoms with Gasteiger partial charge in [0.1, 0.15) is 0 Å². The van der Waals surface area contributed by atoms with E-state index < -0.39 is 12.1 Å². The first-order chi connectivity index (χ1) is 5.74. The first-order valence-corrected chi connectivity index (χ1v) is 4.30. The second-order valence-electron chi connectivity index (χ2n) is 3.00. The largest absolute Gasteiger partial charge is 0.479 e. The summed E-state index contributed by atoms with van der Waals surface area (Å²) in [7, 11) is 0. The molecule has 1 saturated heterocycles. The van der Waals surface area contributed by atoms with Crippen molar-refractivity contribution in [3.8, 4) is 0 Å². The molecule has 0 amide bonds. The molecule has 0 spiro atoms. The van der Waals surface area contributed by atoms with Crippen LogP contribution in [-0.2, 0) is 9.53 Å². The summed E-state index contributed by atoms with van der Waals surface area (Å²) in [5.74, 6) is -0.851. The summed E-state index contributed by atoms with van der Waals surface area (Å²) in [5, 5.41) is 8.67. The highest BCUT2D eigenvalue weighted by atomic mass is 16.5. The van der Waals surface area contributed by atoms with Gasteiger partial charge in [0.25, 0.3) is 0 Å². The molecule has 0 aromatic carbocycles. The van der Waals surface area contributed by atoms with Crippen molar-refractivity contribution in [2.75, 3.05) is 26.2 Å². The number of carboxylic acid groups (broad SMARTS) is 1. The summed E-state index contributed by atoms with van der Waals surface area (Å²) in [6, 6.07) is 0. The van der Waals surface area contributed by atoms with Crippen LogP contribution in [0.4, 0.5) is 0 Å². The third-order valence-corrected chi connectivity index (χ3v) is 1.97. The molecule has 1 aliphatic heterocycles. The number of ether oxygens (including phenoxy) is 1. The molecule has 4 heteroatoms. The smallest absolute Gasteiger partial charge is 0.334 e. The number of morpholine rings is 1. The van der Waals surface area contributed by atoms with Gasteiger partial charge in [0.05, 0.1) is 6.61 Å². The summed E-state index contributed by atoms with van der Waals surface area (Å²) < 4.78 is 5.07. The summed E-state index contributed by atoms with van der Waals surface area (Å²) >= 11 is 0. The third-order valence-electron chi connectivity index (χ3n) is 1.97. The molecule has 0 radical (unpaired) electrons. The molecule has 1 aliphatic rings. The maximum atomic E-state index is 10.6. The highest BCUT2D eigenvalue weighted by Gasteiger charge is 2.25. The van der Waals surface area contributed by atoms with Crippen molar-refractivity contribution >= 4 is 5.97 Å². The van der Waals surface area contributed by atoms with Crippen LogP contribution in [0.1, 0.15) is 13.3 Å². The van der Waals surface area contributed by atoms with E-state index >= 15 is 0 Å². The fraction of sp³-hybridized carbons (Fsp3) is 0.875. The van der Waals surface area contributed by atoms with Gasteiger partial charge in [-0.2, -0.15) is 0 Å². The van der Waals surface area contributed by atoms with Gasteiger partial charge in [-0.25, -0.2) is 4.79 Å². The quantitative estimate of drug-likeness (QED) is 0.661. The van der Waals surface area contributed by atoms with Crippen LogP contribution in [0.15, 0.2) is 0 Å². The molecule has 1 N–H and O–H groups in total. The molecule has 1 heterocycles. The molecule has 0 aromatic rings. The lowest BCUT2D eigenvalue weighted by Gasteiger charge is -2.30. The van der Waals surface area contributed by atoms with Crippen molar-refractivity contribution in [1.29, 1.82) is 0 Å². The predicted octanol–water partition coefficient (Wildman–Crippen LogP) is 0.182. The van der Waals surface area contributed by atoms with E-state index in [1.54, 1.807) is 0 Å². The van der Waals surface area contributed by atoms with E-state index in [4.69, 9.17) is 9.84 Å². The van der Waals surface area contributed by atoms with Gasteiger partial charge >= 0.3 is 5.97 Å². The molecule has 1 atom stereocenters. The van der Waals surface area contributed by atoms with Crippen LogP contribution < -0.4 is 0 Å². The average Bonchev–Trinajstić information content (AvgIpc) is 2.05. The summed E-state index contributed by atoms with van der Waals surface area (Å²) in [6.45, 7) is 4.98. The van der Waals surface area contributed by atoms with E-state index in [1.807, 2.05) is 0 Å². The van der Waals surface area contributed by atoms with Gasteiger partial charge in [-0.1, -0.05) is 6.92 Å². The van der Waals surface area contributed by atoms with Crippen LogP contribution in [0, 0.1) is 0 Å². The number of hydrogen-bond donors (Lipinski definition) is 1. The predicted molar refractivity (Wildman–Crippen MR) is 44.1 cm³/mol. The topological polar surface area (TPSA) is 49.8 Å². The van der Waals surface area contributed by atoms with Gasteiger partial charge < -0.3 is 9.84 Å². The molecule has 1 rings (SSSR count). The second kappa shape index (κ2) is 4.42. The Morgan fingerprint density at radius 2 is 2.50 bits per heavy atom. The van der Waals surface area contributed by atoms with Crippen molar-refractivity contribution in [3.05, 3.63) is 0 Å². The van der Waals surface area contributed by atoms with Crippen molar-refractivity contribution < 1.29 is 14.6 Å². The number of aliphatic carboxylic acids is 1. The average molecular weight is 173 g/mol. The highest BCUT2D eigenvalue weighted by molar-refractivity contribution is 5.72. The Morgan fingerprint density at radius 3 is 3.08 bits per heavy atom. The van der Waals surface area contributed by atoms with Crippen LogP contribution in [0.3, 0.4) is 0 Å². The lowest BCUT2D eigenvalue weighted by atomic mass is 10.2. The van der Waals surface area contributed by atoms with E-state index in [-0.39, 0.29) is 0 Å². The molecule has 1 fully saturated rings. The molecule has 0 aliphatic carbocycles. The van der Waals surface area contributed by atoms with Gasteiger partial charge in [0, 0.05) is 13.1 Å². The van der Waals surface area contributed by atoms with Gasteiger partial charge in [-0.15, -0.1) is 0 Å². The van der Waals surface area contributed by atoms with Crippen LogP contribution in [0.25, 0.3) is 0 Å². The Hall–Kier alpha value is -0.610. The molecular weight excluding hydrogens is 158 g/mol. The lowest BCUT2D eigenvalue weighted by Crippen LogP contribution is -2.46. The number of hydrogen-bond acceptors (Lipinski definition) is 3. The number of rotatable bonds is 3. The van der Waals surface area contributed by atoms with Crippen molar-refractivity contribution in [3.63, 3.8) is 0 Å². The fourth-order valence-corrected chi connectivity index (χ4v) is 1.37. The van der Waals surface area contributed by atoms with E-state index in [0.717, 1.165) is 19.5 Å². The highest BCUT2D eigenvalue weighted by Crippen LogP contribution is 2.05. The Bertz CT molecular complexity index is 158. The maximum Gasteiger partial charge on any atom is 0.334 e. The van der Waals surface area contributed by atoms with Crippen LogP contribution >= 0.6 is 0 Å². The Balaban J connectivity index is 2.35. The zero-order chi connectivity index (χ0) is 8.97. The molecule has 12 heavy (non-hydrogen) atoms. The standard InChI is InChI=1S/C8H15NO3/c1-2-3-9-4-5-12-7(6-9)8(10)11/h7H,2-6H2,1H3,(H,10,11). The maximum absolute atomic E-state index is 10.6. The minimum absolute atomic E-state index is 0.531. The Kier molecular flexibility index (Phi) is 3.49. The molecular formula is C8H15NO3. The van der Waals surface area contributed by atoms with E-state index in [2.05, 4.69) is 11.8 Å². The van der Waals surface area contributed by atoms with Crippen LogP contribution in [-0.4, -0.2) is 48.3 Å². The molecule has 0 aromatic heterocycles. The Labute approximate surface area is 72.1 Å². The molecule has 0 bridgehead atoms. The van der Waals surface area contributed by atoms with Gasteiger partial charge in [0.2, 0.25) is 0 Å². The second-order valence-corrected chi connectivity index (χ2v) is 3.00. The molecule has 0 saturated carbocycles. The minimum Gasteiger partial charge on any atom is -0.479 e. The van der Waals surface area contributed by atoms with Crippen molar-refractivity contribution in [2.45, 2.75) is 19.4 Å². The summed E-state index contributed by atoms with van der Waals surface area (Å²) in [4.78, 5) is 12.7. The van der Waals surface area contributed by atoms with E-state index in [9.17, 15) is 4.79 Å². The monoisotopic (exact) mass is 173 g/mol. The molecule has 70 valence electrons. The number of carboxylic acids is 1. The van der Waals surface area contributed by atoms with Crippen LogP contribution in [0.5, 0.6) is 0 Å². The fourth-order valence-electron chi connectivity index (χ4n) is 1.37. The van der Waals surface area contributed by atoms with Crippen molar-refractivity contribution in [2.24, 2.45) is 0 Å². The SMILES string of the molecule is CCCN1CCOC(C(=O)O)C1. The number of carbonyl (C=O) groups is 1. The first kappa shape index (κ1) is 9.48. The summed E-state index contributed by atoms with van der Waals surface area (Å²) in [6.07, 6.45) is 0.442. The van der Waals surface area contributed by atoms with E-state index in [1.165, 1.54) is 0 Å². The molecule has 1 unspecified atom stereocenters. The minimum atomic E-state index is -0.851. The number of nitrogens with zero attached hydrogens (tertiary/aromatic N) is 1. The first-order valence-electron chi connectivity index (χ1n) is 4.30. The van der Waals surface area contributed by atoms with Gasteiger partial charge in [0.15, 0.2) is 6.10 Å². The normalized spacial score (nSPS) is 25.6.